The van der Waals surface area contributed by atoms with Gasteiger partial charge >= 0.3 is 5.97 Å². The Balaban J connectivity index is 3.71. The zero-order valence-corrected chi connectivity index (χ0v) is 5.82. The van der Waals surface area contributed by atoms with Gasteiger partial charge in [-0.25, -0.2) is 0 Å². The molecule has 0 saturated heterocycles. The Morgan fingerprint density at radius 2 is 2.00 bits per heavy atom. The van der Waals surface area contributed by atoms with Crippen LogP contribution in [0.15, 0.2) is 0 Å². The van der Waals surface area contributed by atoms with E-state index < -0.39 is 18.2 Å². The van der Waals surface area contributed by atoms with E-state index in [1.54, 1.807) is 6.92 Å². The first kappa shape index (κ1) is 9.39. The molecule has 0 aromatic rings. The first-order valence-electron chi connectivity index (χ1n) is 3.15. The van der Waals surface area contributed by atoms with Crippen LogP contribution in [0.25, 0.3) is 0 Å². The summed E-state index contributed by atoms with van der Waals surface area (Å²) in [5.74, 6) is -1.54. The van der Waals surface area contributed by atoms with Crippen molar-refractivity contribution >= 4 is 5.97 Å². The third-order valence-corrected chi connectivity index (χ3v) is 1.38. The van der Waals surface area contributed by atoms with Crippen LogP contribution >= 0.6 is 0 Å². The minimum absolute atomic E-state index is 0.186. The molecule has 0 aliphatic carbocycles. The average molecular weight is 148 g/mol. The van der Waals surface area contributed by atoms with E-state index in [-0.39, 0.29) is 6.42 Å². The first-order valence-corrected chi connectivity index (χ1v) is 3.15. The molecule has 0 radical (unpaired) electrons. The molecule has 0 spiro atoms. The quantitative estimate of drug-likeness (QED) is 0.482. The van der Waals surface area contributed by atoms with E-state index in [0.29, 0.717) is 6.42 Å². The van der Waals surface area contributed by atoms with Gasteiger partial charge in [-0.1, -0.05) is 6.92 Å². The molecule has 0 saturated carbocycles. The number of carboxylic acid groups (broad SMARTS) is 1. The van der Waals surface area contributed by atoms with Gasteiger partial charge in [-0.15, -0.1) is 0 Å². The van der Waals surface area contributed by atoms with Crippen molar-refractivity contribution < 1.29 is 20.1 Å². The Hall–Kier alpha value is -0.610. The monoisotopic (exact) mass is 148 g/mol. The number of aliphatic hydroxyl groups excluding tert-OH is 1. The smallest absolute Gasteiger partial charge is 0.303 e. The number of hydrogen-bond donors (Lipinski definition) is 3. The number of rotatable bonds is 4. The van der Waals surface area contributed by atoms with Crippen molar-refractivity contribution in [1.29, 1.82) is 0 Å². The topological polar surface area (TPSA) is 77.8 Å². The Morgan fingerprint density at radius 3 is 2.10 bits per heavy atom. The van der Waals surface area contributed by atoms with Gasteiger partial charge in [0.1, 0.15) is 0 Å². The molecular formula is C6H12O4. The van der Waals surface area contributed by atoms with Gasteiger partial charge in [-0.05, 0) is 6.42 Å². The van der Waals surface area contributed by atoms with Gasteiger partial charge in [0.2, 0.25) is 0 Å². The Morgan fingerprint density at radius 1 is 1.50 bits per heavy atom. The molecule has 0 aromatic carbocycles. The molecule has 0 rings (SSSR count). The largest absolute Gasteiger partial charge is 0.481 e. The van der Waals surface area contributed by atoms with Crippen molar-refractivity contribution in [1.82, 2.24) is 0 Å². The summed E-state index contributed by atoms with van der Waals surface area (Å²) in [7, 11) is 0. The highest BCUT2D eigenvalue weighted by Crippen LogP contribution is 2.10. The average Bonchev–Trinajstić information content (AvgIpc) is 1.81. The zero-order valence-electron chi connectivity index (χ0n) is 5.82. The molecule has 0 bridgehead atoms. The third-order valence-electron chi connectivity index (χ3n) is 1.38. The molecule has 0 amide bonds. The fourth-order valence-corrected chi connectivity index (χ4v) is 0.685. The van der Waals surface area contributed by atoms with Crippen LogP contribution in [0.2, 0.25) is 0 Å². The third kappa shape index (κ3) is 3.42. The second-order valence-electron chi connectivity index (χ2n) is 2.18. The minimum atomic E-state index is -1.51. The maximum atomic E-state index is 10.1. The van der Waals surface area contributed by atoms with Crippen LogP contribution in [0.4, 0.5) is 0 Å². The molecule has 0 aliphatic rings. The van der Waals surface area contributed by atoms with Gasteiger partial charge in [-0.3, -0.25) is 4.79 Å². The lowest BCUT2D eigenvalue weighted by molar-refractivity contribution is -0.144. The lowest BCUT2D eigenvalue weighted by Crippen LogP contribution is -2.21. The van der Waals surface area contributed by atoms with E-state index in [4.69, 9.17) is 15.3 Å². The summed E-state index contributed by atoms with van der Waals surface area (Å²) >= 11 is 0. The summed E-state index contributed by atoms with van der Waals surface area (Å²) in [5.41, 5.74) is 0. The van der Waals surface area contributed by atoms with Crippen LogP contribution in [-0.2, 0) is 4.79 Å². The van der Waals surface area contributed by atoms with Crippen molar-refractivity contribution in [3.05, 3.63) is 0 Å². The van der Waals surface area contributed by atoms with E-state index >= 15 is 0 Å². The van der Waals surface area contributed by atoms with Crippen LogP contribution in [0.3, 0.4) is 0 Å². The van der Waals surface area contributed by atoms with E-state index in [9.17, 15) is 4.79 Å². The molecule has 3 N–H and O–H groups in total. The number of aliphatic carboxylic acids is 1. The molecule has 1 unspecified atom stereocenters. The SMILES string of the molecule is CCC(CC(=O)O)C(O)O. The minimum Gasteiger partial charge on any atom is -0.481 e. The second-order valence-corrected chi connectivity index (χ2v) is 2.18. The molecule has 1 atom stereocenters. The van der Waals surface area contributed by atoms with Crippen LogP contribution in [-0.4, -0.2) is 27.6 Å². The highest BCUT2D eigenvalue weighted by atomic mass is 16.5. The van der Waals surface area contributed by atoms with Gasteiger partial charge < -0.3 is 15.3 Å². The zero-order chi connectivity index (χ0) is 8.15. The van der Waals surface area contributed by atoms with Gasteiger partial charge in [0.25, 0.3) is 0 Å². The molecule has 4 heteroatoms. The van der Waals surface area contributed by atoms with Crippen LogP contribution < -0.4 is 0 Å². The highest BCUT2D eigenvalue weighted by Gasteiger charge is 2.17. The van der Waals surface area contributed by atoms with Crippen molar-refractivity contribution in [2.45, 2.75) is 26.1 Å². The normalized spacial score (nSPS) is 13.6. The van der Waals surface area contributed by atoms with Crippen molar-refractivity contribution in [2.75, 3.05) is 0 Å². The molecule has 4 nitrogen and oxygen atoms in total. The molecule has 0 aliphatic heterocycles. The van der Waals surface area contributed by atoms with Gasteiger partial charge in [0, 0.05) is 5.92 Å². The molecule has 0 aromatic heterocycles. The van der Waals surface area contributed by atoms with Crippen LogP contribution in [0.5, 0.6) is 0 Å². The predicted octanol–water partition coefficient (Wildman–Crippen LogP) is -0.202. The van der Waals surface area contributed by atoms with E-state index in [2.05, 4.69) is 0 Å². The summed E-state index contributed by atoms with van der Waals surface area (Å²) in [5, 5.41) is 25.3. The van der Waals surface area contributed by atoms with Gasteiger partial charge in [-0.2, -0.15) is 0 Å². The molecule has 0 heterocycles. The fraction of sp³-hybridized carbons (Fsp3) is 0.833. The number of carbonyl (C=O) groups is 1. The highest BCUT2D eigenvalue weighted by molar-refractivity contribution is 5.67. The van der Waals surface area contributed by atoms with Crippen molar-refractivity contribution in [3.63, 3.8) is 0 Å². The Kier molecular flexibility index (Phi) is 3.99. The molecule has 10 heavy (non-hydrogen) atoms. The summed E-state index contributed by atoms with van der Waals surface area (Å²) in [6.45, 7) is 1.72. The first-order chi connectivity index (χ1) is 4.57. The molecule has 0 fully saturated rings. The van der Waals surface area contributed by atoms with E-state index in [1.807, 2.05) is 0 Å². The summed E-state index contributed by atoms with van der Waals surface area (Å²) in [6.07, 6.45) is -1.24. The van der Waals surface area contributed by atoms with Crippen molar-refractivity contribution in [3.8, 4) is 0 Å². The number of aliphatic hydroxyl groups is 2. The van der Waals surface area contributed by atoms with Crippen LogP contribution in [0, 0.1) is 5.92 Å². The second kappa shape index (κ2) is 4.24. The Bertz CT molecular complexity index is 110. The number of carboxylic acids is 1. The molecule has 60 valence electrons. The summed E-state index contributed by atoms with van der Waals surface area (Å²) < 4.78 is 0. The lowest BCUT2D eigenvalue weighted by atomic mass is 10.0. The van der Waals surface area contributed by atoms with Gasteiger partial charge in [0.05, 0.1) is 6.42 Å². The van der Waals surface area contributed by atoms with E-state index in [1.165, 1.54) is 0 Å². The Labute approximate surface area is 59.1 Å². The predicted molar refractivity (Wildman–Crippen MR) is 34.3 cm³/mol. The van der Waals surface area contributed by atoms with E-state index in [0.717, 1.165) is 0 Å². The number of hydrogen-bond acceptors (Lipinski definition) is 3. The van der Waals surface area contributed by atoms with Gasteiger partial charge in [0.15, 0.2) is 6.29 Å². The maximum Gasteiger partial charge on any atom is 0.303 e. The summed E-state index contributed by atoms with van der Waals surface area (Å²) in [4.78, 5) is 10.1. The summed E-state index contributed by atoms with van der Waals surface area (Å²) in [6, 6.07) is 0. The maximum absolute atomic E-state index is 10.1. The lowest BCUT2D eigenvalue weighted by Gasteiger charge is -2.13. The molecular weight excluding hydrogens is 136 g/mol. The fourth-order valence-electron chi connectivity index (χ4n) is 0.685. The van der Waals surface area contributed by atoms with Crippen molar-refractivity contribution in [2.24, 2.45) is 5.92 Å². The standard InChI is InChI=1S/C6H12O4/c1-2-4(6(9)10)3-5(7)8/h4,6,9-10H,2-3H2,1H3,(H,7,8). The van der Waals surface area contributed by atoms with Crippen LogP contribution in [0.1, 0.15) is 19.8 Å².